The molecule has 0 saturated carbocycles. The molecule has 1 aromatic carbocycles. The average molecular weight is 258 g/mol. The van der Waals surface area contributed by atoms with E-state index in [1.165, 1.54) is 16.8 Å². The zero-order valence-corrected chi connectivity index (χ0v) is 11.8. The van der Waals surface area contributed by atoms with E-state index >= 15 is 0 Å². The molecule has 2 heterocycles. The van der Waals surface area contributed by atoms with Crippen LogP contribution < -0.4 is 10.2 Å². The molecule has 0 spiro atoms. The number of rotatable bonds is 3. The van der Waals surface area contributed by atoms with Gasteiger partial charge in [-0.1, -0.05) is 32.0 Å². The van der Waals surface area contributed by atoms with Crippen LogP contribution in [0.4, 0.5) is 5.69 Å². The number of benzene rings is 1. The molecule has 2 unspecified atom stereocenters. The lowest BCUT2D eigenvalue weighted by atomic mass is 10.0. The molecule has 1 aromatic rings. The van der Waals surface area contributed by atoms with E-state index in [0.717, 1.165) is 32.2 Å². The van der Waals surface area contributed by atoms with Gasteiger partial charge in [-0.25, -0.2) is 0 Å². The minimum absolute atomic E-state index is 0.0163. The number of nitrogens with one attached hydrogen (secondary N) is 1. The maximum atomic E-state index is 12.8. The quantitative estimate of drug-likeness (QED) is 0.902. The maximum absolute atomic E-state index is 12.8. The van der Waals surface area contributed by atoms with Gasteiger partial charge in [0.25, 0.3) is 0 Å². The Morgan fingerprint density at radius 1 is 1.32 bits per heavy atom. The van der Waals surface area contributed by atoms with Gasteiger partial charge in [0, 0.05) is 6.04 Å². The van der Waals surface area contributed by atoms with Gasteiger partial charge in [0.1, 0.15) is 0 Å². The van der Waals surface area contributed by atoms with Crippen molar-refractivity contribution in [3.05, 3.63) is 29.3 Å². The Bertz CT molecular complexity index is 498. The first-order chi connectivity index (χ1) is 9.26. The Kier molecular flexibility index (Phi) is 3.31. The van der Waals surface area contributed by atoms with E-state index in [0.29, 0.717) is 6.04 Å². The largest absolute Gasteiger partial charge is 0.307 e. The normalized spacial score (nSPS) is 25.4. The molecule has 3 rings (SSSR count). The third-order valence-corrected chi connectivity index (χ3v) is 4.42. The number of nitrogens with zero attached hydrogens (tertiary/aromatic N) is 1. The molecule has 2 aliphatic rings. The number of carbonyl (C=O) groups is 1. The molecule has 0 saturated heterocycles. The minimum Gasteiger partial charge on any atom is -0.307 e. The Hall–Kier alpha value is -1.35. The highest BCUT2D eigenvalue weighted by Gasteiger charge is 2.39. The van der Waals surface area contributed by atoms with Crippen molar-refractivity contribution in [3.63, 3.8) is 0 Å². The third-order valence-electron chi connectivity index (χ3n) is 4.42. The van der Waals surface area contributed by atoms with Crippen LogP contribution in [-0.4, -0.2) is 24.5 Å². The molecular weight excluding hydrogens is 236 g/mol. The van der Waals surface area contributed by atoms with Crippen molar-refractivity contribution in [2.45, 2.75) is 51.6 Å². The van der Waals surface area contributed by atoms with E-state index in [4.69, 9.17) is 0 Å². The fourth-order valence-corrected chi connectivity index (χ4v) is 3.49. The van der Waals surface area contributed by atoms with Crippen LogP contribution in [-0.2, 0) is 17.6 Å². The van der Waals surface area contributed by atoms with Crippen LogP contribution in [0.2, 0.25) is 0 Å². The van der Waals surface area contributed by atoms with Crippen molar-refractivity contribution < 1.29 is 4.79 Å². The highest BCUT2D eigenvalue weighted by molar-refractivity contribution is 6.01. The molecular formula is C16H22N2O. The van der Waals surface area contributed by atoms with Gasteiger partial charge >= 0.3 is 0 Å². The smallest absolute Gasteiger partial charge is 0.244 e. The first-order valence-corrected chi connectivity index (χ1v) is 7.43. The van der Waals surface area contributed by atoms with Gasteiger partial charge in [-0.2, -0.15) is 0 Å². The SMILES string of the molecule is CCNC1CCc2cccc3c2N(C1=O)C(CC)C3. The lowest BCUT2D eigenvalue weighted by Gasteiger charge is -2.27. The molecule has 3 heteroatoms. The van der Waals surface area contributed by atoms with Gasteiger partial charge in [0.05, 0.1) is 11.7 Å². The third kappa shape index (κ3) is 1.96. The van der Waals surface area contributed by atoms with Crippen LogP contribution in [0.5, 0.6) is 0 Å². The van der Waals surface area contributed by atoms with Crippen LogP contribution in [0.3, 0.4) is 0 Å². The molecule has 1 amide bonds. The zero-order valence-electron chi connectivity index (χ0n) is 11.8. The maximum Gasteiger partial charge on any atom is 0.244 e. The van der Waals surface area contributed by atoms with E-state index in [1.807, 2.05) is 0 Å². The highest BCUT2D eigenvalue weighted by atomic mass is 16.2. The second-order valence-electron chi connectivity index (χ2n) is 5.55. The first-order valence-electron chi connectivity index (χ1n) is 7.43. The van der Waals surface area contributed by atoms with E-state index in [1.54, 1.807) is 0 Å². The first kappa shape index (κ1) is 12.7. The van der Waals surface area contributed by atoms with Crippen LogP contribution >= 0.6 is 0 Å². The van der Waals surface area contributed by atoms with Crippen molar-refractivity contribution in [1.29, 1.82) is 0 Å². The lowest BCUT2D eigenvalue weighted by Crippen LogP contribution is -2.48. The Labute approximate surface area is 115 Å². The number of likely N-dealkylation sites (N-methyl/N-ethyl adjacent to an activating group) is 1. The average Bonchev–Trinajstić information content (AvgIpc) is 2.74. The van der Waals surface area contributed by atoms with Gasteiger partial charge in [0.15, 0.2) is 0 Å². The van der Waals surface area contributed by atoms with Crippen LogP contribution in [0.25, 0.3) is 0 Å². The molecule has 0 radical (unpaired) electrons. The van der Waals surface area contributed by atoms with E-state index in [2.05, 4.69) is 42.3 Å². The summed E-state index contributed by atoms with van der Waals surface area (Å²) in [4.78, 5) is 14.9. The summed E-state index contributed by atoms with van der Waals surface area (Å²) in [7, 11) is 0. The summed E-state index contributed by atoms with van der Waals surface area (Å²) in [6.45, 7) is 5.10. The van der Waals surface area contributed by atoms with Gasteiger partial charge in [-0.15, -0.1) is 0 Å². The summed E-state index contributed by atoms with van der Waals surface area (Å²) >= 11 is 0. The van der Waals surface area contributed by atoms with E-state index in [9.17, 15) is 4.79 Å². The van der Waals surface area contributed by atoms with Crippen molar-refractivity contribution in [3.8, 4) is 0 Å². The van der Waals surface area contributed by atoms with Gasteiger partial charge in [-0.3, -0.25) is 4.79 Å². The minimum atomic E-state index is -0.0163. The zero-order chi connectivity index (χ0) is 13.4. The van der Waals surface area contributed by atoms with Crippen molar-refractivity contribution in [2.75, 3.05) is 11.4 Å². The molecule has 102 valence electrons. The number of para-hydroxylation sites is 1. The number of amides is 1. The van der Waals surface area contributed by atoms with Crippen molar-refractivity contribution in [2.24, 2.45) is 0 Å². The lowest BCUT2D eigenvalue weighted by molar-refractivity contribution is -0.121. The van der Waals surface area contributed by atoms with Gasteiger partial charge in [-0.05, 0) is 43.4 Å². The summed E-state index contributed by atoms with van der Waals surface area (Å²) in [6.07, 6.45) is 3.96. The Balaban J connectivity index is 2.04. The fraction of sp³-hybridized carbons (Fsp3) is 0.562. The summed E-state index contributed by atoms with van der Waals surface area (Å²) in [5.41, 5.74) is 3.93. The Morgan fingerprint density at radius 3 is 2.84 bits per heavy atom. The molecule has 0 bridgehead atoms. The summed E-state index contributed by atoms with van der Waals surface area (Å²) in [5, 5.41) is 3.35. The number of hydrogen-bond acceptors (Lipinski definition) is 2. The van der Waals surface area contributed by atoms with E-state index < -0.39 is 0 Å². The van der Waals surface area contributed by atoms with Crippen LogP contribution in [0, 0.1) is 0 Å². The standard InChI is InChI=1S/C16H22N2O/c1-3-13-10-12-7-5-6-11-8-9-14(17-4-2)16(19)18(13)15(11)12/h5-7,13-14,17H,3-4,8-10H2,1-2H3. The molecule has 19 heavy (non-hydrogen) atoms. The predicted molar refractivity (Wildman–Crippen MR) is 77.5 cm³/mol. The van der Waals surface area contributed by atoms with Crippen molar-refractivity contribution >= 4 is 11.6 Å². The molecule has 0 aromatic heterocycles. The number of hydrogen-bond donors (Lipinski definition) is 1. The van der Waals surface area contributed by atoms with Crippen LogP contribution in [0.1, 0.15) is 37.8 Å². The molecule has 3 nitrogen and oxygen atoms in total. The summed E-state index contributed by atoms with van der Waals surface area (Å²) in [5.74, 6) is 0.275. The monoisotopic (exact) mass is 258 g/mol. The van der Waals surface area contributed by atoms with Gasteiger partial charge in [0.2, 0.25) is 5.91 Å². The Morgan fingerprint density at radius 2 is 2.11 bits per heavy atom. The summed E-state index contributed by atoms with van der Waals surface area (Å²) < 4.78 is 0. The second kappa shape index (κ2) is 4.97. The predicted octanol–water partition coefficient (Wildman–Crippen LogP) is 2.28. The number of carbonyl (C=O) groups excluding carboxylic acids is 1. The molecule has 0 aliphatic carbocycles. The molecule has 2 aliphatic heterocycles. The van der Waals surface area contributed by atoms with Gasteiger partial charge < -0.3 is 10.2 Å². The fourth-order valence-electron chi connectivity index (χ4n) is 3.49. The second-order valence-corrected chi connectivity index (χ2v) is 5.55. The molecule has 1 N–H and O–H groups in total. The summed E-state index contributed by atoms with van der Waals surface area (Å²) in [6, 6.07) is 6.84. The van der Waals surface area contributed by atoms with E-state index in [-0.39, 0.29) is 11.9 Å². The highest BCUT2D eigenvalue weighted by Crippen LogP contribution is 2.39. The number of anilines is 1. The van der Waals surface area contributed by atoms with Crippen LogP contribution in [0.15, 0.2) is 18.2 Å². The van der Waals surface area contributed by atoms with Crippen molar-refractivity contribution in [1.82, 2.24) is 5.32 Å². The molecule has 0 fully saturated rings. The topological polar surface area (TPSA) is 32.3 Å². The molecule has 2 atom stereocenters. The number of aryl methyl sites for hydroxylation is 1.